The van der Waals surface area contributed by atoms with Gasteiger partial charge in [-0.05, 0) is 28.5 Å². The monoisotopic (exact) mass is 486 g/mol. The minimum atomic E-state index is -0.641. The van der Waals surface area contributed by atoms with Crippen molar-refractivity contribution in [2.24, 2.45) is 5.73 Å². The molecule has 27 heavy (non-hydrogen) atoms. The Morgan fingerprint density at radius 1 is 1.33 bits per heavy atom. The van der Waals surface area contributed by atoms with Gasteiger partial charge in [-0.3, -0.25) is 24.5 Å². The van der Waals surface area contributed by atoms with Crippen LogP contribution in [0.4, 0.5) is 0 Å². The number of hydrogen-bond donors (Lipinski definition) is 3. The fourth-order valence-electron chi connectivity index (χ4n) is 3.23. The van der Waals surface area contributed by atoms with Gasteiger partial charge in [0.25, 0.3) is 5.91 Å². The second-order valence-electron chi connectivity index (χ2n) is 6.16. The molecule has 2 aliphatic rings. The minimum Gasteiger partial charge on any atom is -0.352 e. The van der Waals surface area contributed by atoms with E-state index in [1.54, 1.807) is 12.1 Å². The molecule has 0 saturated carbocycles. The van der Waals surface area contributed by atoms with E-state index in [1.807, 2.05) is 11.0 Å². The quantitative estimate of drug-likeness (QED) is 0.317. The first-order valence-electron chi connectivity index (χ1n) is 8.61. The lowest BCUT2D eigenvalue weighted by Crippen LogP contribution is -2.52. The lowest BCUT2D eigenvalue weighted by molar-refractivity contribution is -0.137. The molecule has 0 spiro atoms. The van der Waals surface area contributed by atoms with Crippen molar-refractivity contribution in [2.45, 2.75) is 38.4 Å². The van der Waals surface area contributed by atoms with Crippen molar-refractivity contribution in [3.63, 3.8) is 0 Å². The maximum atomic E-state index is 12.7. The lowest BCUT2D eigenvalue weighted by atomic mass is 10.0. The van der Waals surface area contributed by atoms with Gasteiger partial charge in [0.1, 0.15) is 6.04 Å². The second kappa shape index (κ2) is 9.79. The van der Waals surface area contributed by atoms with Crippen LogP contribution in [0.25, 0.3) is 0 Å². The van der Waals surface area contributed by atoms with Crippen molar-refractivity contribution in [1.29, 1.82) is 0 Å². The van der Waals surface area contributed by atoms with Crippen molar-refractivity contribution in [1.82, 2.24) is 15.5 Å². The third kappa shape index (κ3) is 4.83. The van der Waals surface area contributed by atoms with Crippen molar-refractivity contribution >= 4 is 46.2 Å². The number of nitrogens with two attached hydrogens (primary N) is 1. The number of fused-ring (bicyclic) bond motifs is 1. The highest BCUT2D eigenvalue weighted by Gasteiger charge is 2.39. The minimum absolute atomic E-state index is 0.147. The standard InChI is InChI=1S/C17H20N4O4.CH3I/c18-7-6-14(22)19-8-10-2-1-3-11-12(10)9-21(17(11)25)13-4-5-15(23)20-16(13)24;1-2/h1-3,13H,4-9,18H2,(H,19,22)(H,20,23,24);1H3. The van der Waals surface area contributed by atoms with Gasteiger partial charge in [0.05, 0.1) is 0 Å². The van der Waals surface area contributed by atoms with E-state index in [1.165, 1.54) is 4.90 Å². The van der Waals surface area contributed by atoms with Crippen LogP contribution >= 0.6 is 22.6 Å². The summed E-state index contributed by atoms with van der Waals surface area (Å²) in [6.07, 6.45) is 0.794. The van der Waals surface area contributed by atoms with Crippen molar-refractivity contribution in [3.05, 3.63) is 34.9 Å². The summed E-state index contributed by atoms with van der Waals surface area (Å²) in [4.78, 5) is 51.1. The van der Waals surface area contributed by atoms with Crippen molar-refractivity contribution < 1.29 is 19.2 Å². The largest absolute Gasteiger partial charge is 0.352 e. The number of carbonyl (C=O) groups is 4. The van der Waals surface area contributed by atoms with Crippen LogP contribution in [0.1, 0.15) is 40.7 Å². The zero-order valence-corrected chi connectivity index (χ0v) is 17.2. The number of piperidine rings is 1. The van der Waals surface area contributed by atoms with E-state index in [4.69, 9.17) is 5.73 Å². The Morgan fingerprint density at radius 2 is 2.07 bits per heavy atom. The van der Waals surface area contributed by atoms with E-state index in [9.17, 15) is 19.2 Å². The number of benzene rings is 1. The zero-order valence-electron chi connectivity index (χ0n) is 15.1. The average Bonchev–Trinajstić information content (AvgIpc) is 2.99. The van der Waals surface area contributed by atoms with Gasteiger partial charge in [-0.1, -0.05) is 34.7 Å². The Balaban J connectivity index is 0.00000126. The fourth-order valence-corrected chi connectivity index (χ4v) is 3.23. The van der Waals surface area contributed by atoms with Crippen LogP contribution in [0, 0.1) is 0 Å². The molecule has 1 unspecified atom stereocenters. The van der Waals surface area contributed by atoms with E-state index in [-0.39, 0.29) is 37.1 Å². The summed E-state index contributed by atoms with van der Waals surface area (Å²) in [7, 11) is 0. The molecule has 4 amide bonds. The molecular formula is C18H23IN4O4. The van der Waals surface area contributed by atoms with Crippen LogP contribution in [0.3, 0.4) is 0 Å². The highest BCUT2D eigenvalue weighted by Crippen LogP contribution is 2.29. The number of halogens is 1. The number of amides is 4. The first-order chi connectivity index (χ1) is 13.0. The van der Waals surface area contributed by atoms with Crippen molar-refractivity contribution in [3.8, 4) is 0 Å². The summed E-state index contributed by atoms with van der Waals surface area (Å²) in [6, 6.07) is 4.68. The van der Waals surface area contributed by atoms with Crippen LogP contribution < -0.4 is 16.4 Å². The van der Waals surface area contributed by atoms with E-state index in [0.29, 0.717) is 25.1 Å². The lowest BCUT2D eigenvalue weighted by Gasteiger charge is -2.29. The Hall–Kier alpha value is -2.01. The Kier molecular flexibility index (Phi) is 7.72. The molecule has 2 heterocycles. The topological polar surface area (TPSA) is 122 Å². The normalized spacial score (nSPS) is 18.4. The molecule has 4 N–H and O–H groups in total. The number of nitrogens with one attached hydrogen (secondary N) is 2. The number of imide groups is 1. The SMILES string of the molecule is CI.NCCC(=O)NCc1cccc2c1CN(C1CCC(=O)NC1=O)C2=O. The van der Waals surface area contributed by atoms with E-state index in [2.05, 4.69) is 33.2 Å². The van der Waals surface area contributed by atoms with Crippen LogP contribution in [0.5, 0.6) is 0 Å². The molecule has 2 aliphatic heterocycles. The van der Waals surface area contributed by atoms with Crippen LogP contribution in [-0.2, 0) is 27.5 Å². The molecule has 1 aromatic rings. The van der Waals surface area contributed by atoms with Crippen LogP contribution in [0.2, 0.25) is 0 Å². The van der Waals surface area contributed by atoms with Gasteiger partial charge in [0.15, 0.2) is 0 Å². The molecule has 9 heteroatoms. The van der Waals surface area contributed by atoms with Crippen molar-refractivity contribution in [2.75, 3.05) is 11.5 Å². The molecule has 0 bridgehead atoms. The molecule has 1 saturated heterocycles. The van der Waals surface area contributed by atoms with Gasteiger partial charge < -0.3 is 16.0 Å². The van der Waals surface area contributed by atoms with Gasteiger partial charge >= 0.3 is 0 Å². The summed E-state index contributed by atoms with van der Waals surface area (Å²) < 4.78 is 0. The summed E-state index contributed by atoms with van der Waals surface area (Å²) >= 11 is 2.15. The highest BCUT2D eigenvalue weighted by molar-refractivity contribution is 14.1. The summed E-state index contributed by atoms with van der Waals surface area (Å²) in [5, 5.41) is 5.06. The Bertz CT molecular complexity index is 753. The smallest absolute Gasteiger partial charge is 0.255 e. The molecule has 1 atom stereocenters. The van der Waals surface area contributed by atoms with E-state index in [0.717, 1.165) is 11.1 Å². The number of nitrogens with zero attached hydrogens (tertiary/aromatic N) is 1. The van der Waals surface area contributed by atoms with Gasteiger partial charge in [-0.15, -0.1) is 0 Å². The first kappa shape index (κ1) is 21.3. The zero-order chi connectivity index (χ0) is 20.0. The molecule has 1 aromatic carbocycles. The second-order valence-corrected chi connectivity index (χ2v) is 6.16. The first-order valence-corrected chi connectivity index (χ1v) is 10.8. The number of carbonyl (C=O) groups excluding carboxylic acids is 4. The third-order valence-corrected chi connectivity index (χ3v) is 4.53. The molecule has 1 fully saturated rings. The molecule has 0 aromatic heterocycles. The maximum Gasteiger partial charge on any atom is 0.255 e. The third-order valence-electron chi connectivity index (χ3n) is 4.53. The van der Waals surface area contributed by atoms with Gasteiger partial charge in [0, 0.05) is 38.0 Å². The van der Waals surface area contributed by atoms with E-state index < -0.39 is 11.9 Å². The van der Waals surface area contributed by atoms with E-state index >= 15 is 0 Å². The molecule has 3 rings (SSSR count). The molecule has 0 radical (unpaired) electrons. The summed E-state index contributed by atoms with van der Waals surface area (Å²) in [5.41, 5.74) is 7.54. The molecule has 0 aliphatic carbocycles. The predicted octanol–water partition coefficient (Wildman–Crippen LogP) is 0.464. The Labute approximate surface area is 171 Å². The maximum absolute atomic E-state index is 12.7. The predicted molar refractivity (Wildman–Crippen MR) is 108 cm³/mol. The number of rotatable bonds is 5. The van der Waals surface area contributed by atoms with Gasteiger partial charge in [0.2, 0.25) is 17.7 Å². The molecule has 8 nitrogen and oxygen atoms in total. The Morgan fingerprint density at radius 3 is 2.74 bits per heavy atom. The fraction of sp³-hybridized carbons (Fsp3) is 0.444. The number of hydrogen-bond acceptors (Lipinski definition) is 5. The average molecular weight is 486 g/mol. The summed E-state index contributed by atoms with van der Waals surface area (Å²) in [5.74, 6) is -1.12. The van der Waals surface area contributed by atoms with Gasteiger partial charge in [-0.2, -0.15) is 0 Å². The van der Waals surface area contributed by atoms with Crippen LogP contribution in [0.15, 0.2) is 18.2 Å². The highest BCUT2D eigenvalue weighted by atomic mass is 127. The summed E-state index contributed by atoms with van der Waals surface area (Å²) in [6.45, 7) is 0.877. The van der Waals surface area contributed by atoms with Crippen LogP contribution in [-0.4, -0.2) is 46.0 Å². The molecular weight excluding hydrogens is 463 g/mol. The molecule has 146 valence electrons. The number of alkyl halides is 1. The van der Waals surface area contributed by atoms with Gasteiger partial charge in [-0.25, -0.2) is 0 Å².